The maximum Gasteiger partial charge on any atom is 0.322 e. The number of nitrogens with zero attached hydrogens (tertiary/aromatic N) is 3. The number of ether oxygens (including phenoxy) is 1. The van der Waals surface area contributed by atoms with Crippen LogP contribution < -0.4 is 4.74 Å². The SMILES string of the molecule is CCCN(CC)C(=O)N1C(C2=CCC(Cl)C=C2)C(c2ccc(S)cc2)N(C)C1c1ccc(C(C)=O)cc1OCC. The number of ketones is 1. The Kier molecular flexibility index (Phi) is 10.0. The van der Waals surface area contributed by atoms with Crippen molar-refractivity contribution >= 4 is 36.0 Å². The molecule has 2 aromatic rings. The summed E-state index contributed by atoms with van der Waals surface area (Å²) in [6.07, 6.45) is 7.37. The molecule has 8 heteroatoms. The van der Waals surface area contributed by atoms with Gasteiger partial charge in [0.1, 0.15) is 11.9 Å². The average molecular weight is 582 g/mol. The van der Waals surface area contributed by atoms with Gasteiger partial charge < -0.3 is 9.64 Å². The fourth-order valence-electron chi connectivity index (χ4n) is 5.80. The lowest BCUT2D eigenvalue weighted by Crippen LogP contribution is -2.48. The van der Waals surface area contributed by atoms with Gasteiger partial charge in [0.15, 0.2) is 5.78 Å². The van der Waals surface area contributed by atoms with Gasteiger partial charge in [-0.05, 0) is 70.0 Å². The van der Waals surface area contributed by atoms with Crippen molar-refractivity contribution < 1.29 is 14.3 Å². The second kappa shape index (κ2) is 13.3. The summed E-state index contributed by atoms with van der Waals surface area (Å²) in [6.45, 7) is 9.29. The molecule has 1 aliphatic heterocycles. The summed E-state index contributed by atoms with van der Waals surface area (Å²) in [6, 6.07) is 13.3. The van der Waals surface area contributed by atoms with Crippen molar-refractivity contribution in [3.05, 3.63) is 83.0 Å². The van der Waals surface area contributed by atoms with Gasteiger partial charge in [0, 0.05) is 29.1 Å². The van der Waals surface area contributed by atoms with E-state index >= 15 is 0 Å². The molecule has 1 saturated heterocycles. The van der Waals surface area contributed by atoms with E-state index in [0.717, 1.165) is 28.0 Å². The van der Waals surface area contributed by atoms with Crippen LogP contribution >= 0.6 is 24.2 Å². The number of benzene rings is 2. The van der Waals surface area contributed by atoms with Gasteiger partial charge in [-0.25, -0.2) is 4.79 Å². The molecule has 1 aliphatic carbocycles. The number of likely N-dealkylation sites (N-methyl/N-ethyl adjacent to an activating group) is 1. The molecule has 2 amide bonds. The Morgan fingerprint density at radius 1 is 1.10 bits per heavy atom. The molecule has 0 spiro atoms. The highest BCUT2D eigenvalue weighted by atomic mass is 35.5. The second-order valence-corrected chi connectivity index (χ2v) is 11.4. The van der Waals surface area contributed by atoms with Crippen molar-refractivity contribution in [3.8, 4) is 5.75 Å². The zero-order valence-electron chi connectivity index (χ0n) is 24.0. The predicted octanol–water partition coefficient (Wildman–Crippen LogP) is 7.28. The largest absolute Gasteiger partial charge is 0.493 e. The monoisotopic (exact) mass is 581 g/mol. The number of Topliss-reactive ketones (excluding diaryl/α,β-unsaturated/α-hetero) is 1. The van der Waals surface area contributed by atoms with Crippen molar-refractivity contribution in [2.24, 2.45) is 0 Å². The fraction of sp³-hybridized carbons (Fsp3) is 0.438. The van der Waals surface area contributed by atoms with Crippen molar-refractivity contribution in [2.45, 2.75) is 69.1 Å². The summed E-state index contributed by atoms with van der Waals surface area (Å²) in [4.78, 5) is 33.8. The predicted molar refractivity (Wildman–Crippen MR) is 165 cm³/mol. The molecule has 1 heterocycles. The first-order valence-electron chi connectivity index (χ1n) is 14.1. The van der Waals surface area contributed by atoms with Crippen LogP contribution in [-0.4, -0.2) is 64.7 Å². The van der Waals surface area contributed by atoms with Crippen LogP contribution in [0.3, 0.4) is 0 Å². The van der Waals surface area contributed by atoms with E-state index in [9.17, 15) is 9.59 Å². The van der Waals surface area contributed by atoms with Gasteiger partial charge in [-0.2, -0.15) is 0 Å². The molecule has 4 rings (SSSR count). The van der Waals surface area contributed by atoms with Gasteiger partial charge in [-0.3, -0.25) is 14.6 Å². The lowest BCUT2D eigenvalue weighted by atomic mass is 9.90. The van der Waals surface area contributed by atoms with Gasteiger partial charge >= 0.3 is 6.03 Å². The highest BCUT2D eigenvalue weighted by Gasteiger charge is 2.51. The second-order valence-electron chi connectivity index (χ2n) is 10.3. The lowest BCUT2D eigenvalue weighted by molar-refractivity contribution is 0.101. The molecule has 4 atom stereocenters. The number of carbonyl (C=O) groups excluding carboxylic acids is 2. The summed E-state index contributed by atoms with van der Waals surface area (Å²) in [5, 5.41) is -0.0688. The summed E-state index contributed by atoms with van der Waals surface area (Å²) in [5.74, 6) is 0.582. The quantitative estimate of drug-likeness (QED) is 0.192. The number of halogens is 1. The Hall–Kier alpha value is -2.74. The van der Waals surface area contributed by atoms with E-state index in [1.54, 1.807) is 13.0 Å². The van der Waals surface area contributed by atoms with Gasteiger partial charge in [0.05, 0.1) is 24.1 Å². The molecule has 214 valence electrons. The van der Waals surface area contributed by atoms with E-state index in [2.05, 4.69) is 55.8 Å². The minimum Gasteiger partial charge on any atom is -0.493 e. The van der Waals surface area contributed by atoms with Crippen LogP contribution in [0, 0.1) is 0 Å². The van der Waals surface area contributed by atoms with Crippen molar-refractivity contribution in [2.75, 3.05) is 26.7 Å². The summed E-state index contributed by atoms with van der Waals surface area (Å²) < 4.78 is 6.12. The Balaban J connectivity index is 1.96. The number of thiol groups is 1. The molecule has 1 fully saturated rings. The normalized spacial score (nSPS) is 22.8. The summed E-state index contributed by atoms with van der Waals surface area (Å²) in [7, 11) is 2.06. The van der Waals surface area contributed by atoms with Gasteiger partial charge in [-0.15, -0.1) is 24.2 Å². The van der Waals surface area contributed by atoms with Crippen molar-refractivity contribution in [1.82, 2.24) is 14.7 Å². The van der Waals surface area contributed by atoms with Crippen LogP contribution in [0.25, 0.3) is 0 Å². The van der Waals surface area contributed by atoms with Crippen LogP contribution in [0.5, 0.6) is 5.75 Å². The highest BCUT2D eigenvalue weighted by Crippen LogP contribution is 2.50. The molecular formula is C32H40ClN3O3S. The molecule has 6 nitrogen and oxygen atoms in total. The highest BCUT2D eigenvalue weighted by molar-refractivity contribution is 7.80. The molecule has 0 N–H and O–H groups in total. The Morgan fingerprint density at radius 2 is 1.82 bits per heavy atom. The maximum absolute atomic E-state index is 14.5. The first-order valence-corrected chi connectivity index (χ1v) is 15.0. The van der Waals surface area contributed by atoms with E-state index in [0.29, 0.717) is 37.4 Å². The van der Waals surface area contributed by atoms with E-state index in [-0.39, 0.29) is 29.3 Å². The van der Waals surface area contributed by atoms with E-state index in [1.165, 1.54) is 0 Å². The van der Waals surface area contributed by atoms with Crippen LogP contribution in [0.1, 0.15) is 74.2 Å². The summed E-state index contributed by atoms with van der Waals surface area (Å²) in [5.41, 5.74) is 3.58. The number of carbonyl (C=O) groups is 2. The maximum atomic E-state index is 14.5. The third-order valence-electron chi connectivity index (χ3n) is 7.70. The summed E-state index contributed by atoms with van der Waals surface area (Å²) >= 11 is 11.0. The lowest BCUT2D eigenvalue weighted by Gasteiger charge is -2.37. The average Bonchev–Trinajstić information content (AvgIpc) is 3.24. The van der Waals surface area contributed by atoms with Crippen LogP contribution in [0.2, 0.25) is 0 Å². The topological polar surface area (TPSA) is 53.1 Å². The van der Waals surface area contributed by atoms with Gasteiger partial charge in [0.25, 0.3) is 0 Å². The molecule has 2 aromatic carbocycles. The first-order chi connectivity index (χ1) is 19.2. The molecular weight excluding hydrogens is 542 g/mol. The zero-order chi connectivity index (χ0) is 29.0. The van der Waals surface area contributed by atoms with E-state index in [1.807, 2.05) is 54.0 Å². The molecule has 0 bridgehead atoms. The van der Waals surface area contributed by atoms with Gasteiger partial charge in [0.2, 0.25) is 0 Å². The third-order valence-corrected chi connectivity index (χ3v) is 8.33. The number of alkyl halides is 1. The van der Waals surface area contributed by atoms with E-state index in [4.69, 9.17) is 16.3 Å². The Labute approximate surface area is 249 Å². The molecule has 4 unspecified atom stereocenters. The number of urea groups is 1. The van der Waals surface area contributed by atoms with Crippen LogP contribution in [0.4, 0.5) is 4.79 Å². The molecule has 0 radical (unpaired) electrons. The molecule has 2 aliphatic rings. The van der Waals surface area contributed by atoms with Gasteiger partial charge in [-0.1, -0.05) is 49.4 Å². The number of allylic oxidation sites excluding steroid dienone is 2. The number of amides is 2. The molecule has 0 aromatic heterocycles. The smallest absolute Gasteiger partial charge is 0.322 e. The third kappa shape index (κ3) is 6.12. The molecule has 40 heavy (non-hydrogen) atoms. The van der Waals surface area contributed by atoms with Crippen LogP contribution in [0.15, 0.2) is 71.2 Å². The molecule has 0 saturated carbocycles. The van der Waals surface area contributed by atoms with Crippen molar-refractivity contribution in [3.63, 3.8) is 0 Å². The van der Waals surface area contributed by atoms with Crippen LogP contribution in [-0.2, 0) is 0 Å². The minimum atomic E-state index is -0.435. The standard InChI is InChI=1S/C32H40ClN3O3S/c1-6-19-35(7-2)32(38)36-30(23-9-14-25(33)15-10-23)29(22-11-16-26(40)17-12-22)34(5)31(36)27-18-13-24(21(4)37)20-28(27)39-8-3/h9-14,16-18,20,25,29-31,40H,6-8,15,19H2,1-5H3. The zero-order valence-corrected chi connectivity index (χ0v) is 25.7. The fourth-order valence-corrected chi connectivity index (χ4v) is 6.11. The first kappa shape index (κ1) is 30.2. The van der Waals surface area contributed by atoms with E-state index < -0.39 is 6.17 Å². The Bertz CT molecular complexity index is 1280. The number of hydrogen-bond acceptors (Lipinski definition) is 5. The minimum absolute atomic E-state index is 0.0279. The Morgan fingerprint density at radius 3 is 2.40 bits per heavy atom. The number of rotatable bonds is 9. The number of hydrogen-bond donors (Lipinski definition) is 1. The van der Waals surface area contributed by atoms with Crippen molar-refractivity contribution in [1.29, 1.82) is 0 Å².